The molecule has 0 amide bonds. The van der Waals surface area contributed by atoms with Crippen LogP contribution in [0.5, 0.6) is 0 Å². The second kappa shape index (κ2) is 8.22. The molecule has 0 bridgehead atoms. The molecule has 140 valence electrons. The first-order chi connectivity index (χ1) is 13.0. The second-order valence-electron chi connectivity index (χ2n) is 6.13. The number of rotatable bonds is 6. The van der Waals surface area contributed by atoms with Gasteiger partial charge in [-0.3, -0.25) is 9.59 Å². The molecule has 1 unspecified atom stereocenters. The Bertz CT molecular complexity index is 1020. The molecule has 0 radical (unpaired) electrons. The van der Waals surface area contributed by atoms with Gasteiger partial charge in [-0.25, -0.2) is 4.68 Å². The molecule has 2 N–H and O–H groups in total. The Balaban J connectivity index is 1.79. The molecule has 0 saturated carbocycles. The molecule has 7 nitrogen and oxygen atoms in total. The molecule has 27 heavy (non-hydrogen) atoms. The van der Waals surface area contributed by atoms with E-state index in [2.05, 4.69) is 10.3 Å². The standard InChI is InChI=1S/C19H20N4O3S/c1-12-3-8-16-15(11-12)18(24)23(22-21-16)10-9-17(19(25)26-2)27-14-6-4-13(20)5-7-14/h3-8,11,17H,9-10,20H2,1-2H3. The predicted octanol–water partition coefficient (Wildman–Crippen LogP) is 2.41. The Kier molecular flexibility index (Phi) is 5.75. The number of ether oxygens (including phenoxy) is 1. The highest BCUT2D eigenvalue weighted by Crippen LogP contribution is 2.27. The first-order valence-electron chi connectivity index (χ1n) is 8.42. The van der Waals surface area contributed by atoms with Crippen molar-refractivity contribution in [1.29, 1.82) is 0 Å². The number of carbonyl (C=O) groups is 1. The van der Waals surface area contributed by atoms with Crippen molar-refractivity contribution in [2.45, 2.75) is 30.0 Å². The summed E-state index contributed by atoms with van der Waals surface area (Å²) < 4.78 is 6.20. The van der Waals surface area contributed by atoms with Crippen LogP contribution in [0.3, 0.4) is 0 Å². The van der Waals surface area contributed by atoms with Crippen LogP contribution >= 0.6 is 11.8 Å². The second-order valence-corrected chi connectivity index (χ2v) is 7.40. The number of esters is 1. The van der Waals surface area contributed by atoms with Gasteiger partial charge in [0, 0.05) is 17.1 Å². The van der Waals surface area contributed by atoms with Crippen LogP contribution in [0.25, 0.3) is 10.9 Å². The summed E-state index contributed by atoms with van der Waals surface area (Å²) >= 11 is 1.37. The van der Waals surface area contributed by atoms with Gasteiger partial charge in [-0.05, 0) is 49.7 Å². The molecule has 3 rings (SSSR count). The van der Waals surface area contributed by atoms with E-state index < -0.39 is 5.25 Å². The maximum Gasteiger partial charge on any atom is 0.319 e. The van der Waals surface area contributed by atoms with Crippen LogP contribution in [0, 0.1) is 6.92 Å². The summed E-state index contributed by atoms with van der Waals surface area (Å²) in [5.74, 6) is -0.352. The Hall–Kier alpha value is -2.87. The van der Waals surface area contributed by atoms with Crippen LogP contribution in [0.2, 0.25) is 0 Å². The smallest absolute Gasteiger partial charge is 0.319 e. The van der Waals surface area contributed by atoms with Crippen LogP contribution in [-0.4, -0.2) is 33.3 Å². The van der Waals surface area contributed by atoms with Gasteiger partial charge in [-0.2, -0.15) is 0 Å². The average molecular weight is 384 g/mol. The Labute approximate surface area is 160 Å². The lowest BCUT2D eigenvalue weighted by Crippen LogP contribution is -2.28. The molecule has 1 heterocycles. The van der Waals surface area contributed by atoms with Crippen molar-refractivity contribution in [3.63, 3.8) is 0 Å². The summed E-state index contributed by atoms with van der Waals surface area (Å²) in [5, 5.41) is 8.13. The zero-order valence-corrected chi connectivity index (χ0v) is 15.9. The third-order valence-corrected chi connectivity index (χ3v) is 5.36. The minimum absolute atomic E-state index is 0.218. The van der Waals surface area contributed by atoms with Crippen LogP contribution in [0.4, 0.5) is 5.69 Å². The van der Waals surface area contributed by atoms with Crippen molar-refractivity contribution in [2.24, 2.45) is 0 Å². The number of nitrogens with two attached hydrogens (primary N) is 1. The minimum Gasteiger partial charge on any atom is -0.468 e. The lowest BCUT2D eigenvalue weighted by atomic mass is 10.2. The number of anilines is 1. The summed E-state index contributed by atoms with van der Waals surface area (Å²) in [6.07, 6.45) is 0.383. The Morgan fingerprint density at radius 2 is 2.00 bits per heavy atom. The highest BCUT2D eigenvalue weighted by atomic mass is 32.2. The lowest BCUT2D eigenvalue weighted by Gasteiger charge is -2.14. The van der Waals surface area contributed by atoms with Crippen LogP contribution in [0.15, 0.2) is 52.2 Å². The quantitative estimate of drug-likeness (QED) is 0.396. The summed E-state index contributed by atoms with van der Waals surface area (Å²) in [4.78, 5) is 25.7. The number of benzene rings is 2. The fourth-order valence-electron chi connectivity index (χ4n) is 2.64. The van der Waals surface area contributed by atoms with E-state index in [0.717, 1.165) is 10.5 Å². The molecule has 0 fully saturated rings. The van der Waals surface area contributed by atoms with Gasteiger partial charge in [0.05, 0.1) is 12.5 Å². The summed E-state index contributed by atoms with van der Waals surface area (Å²) in [7, 11) is 1.35. The summed E-state index contributed by atoms with van der Waals surface area (Å²) in [6.45, 7) is 2.18. The van der Waals surface area contributed by atoms with Crippen molar-refractivity contribution >= 4 is 34.3 Å². The van der Waals surface area contributed by atoms with E-state index in [4.69, 9.17) is 10.5 Å². The highest BCUT2D eigenvalue weighted by molar-refractivity contribution is 8.00. The number of carbonyl (C=O) groups excluding carboxylic acids is 1. The molecule has 1 atom stereocenters. The number of thioether (sulfide) groups is 1. The number of nitrogen functional groups attached to an aromatic ring is 1. The number of fused-ring (bicyclic) bond motifs is 1. The molecule has 0 aliphatic rings. The molecule has 0 saturated heterocycles. The van der Waals surface area contributed by atoms with Crippen molar-refractivity contribution in [3.05, 3.63) is 58.4 Å². The SMILES string of the molecule is COC(=O)C(CCn1nnc2ccc(C)cc2c1=O)Sc1ccc(N)cc1. The maximum absolute atomic E-state index is 12.7. The molecule has 0 aliphatic carbocycles. The van der Waals surface area contributed by atoms with Crippen molar-refractivity contribution in [1.82, 2.24) is 15.0 Å². The predicted molar refractivity (Wildman–Crippen MR) is 106 cm³/mol. The lowest BCUT2D eigenvalue weighted by molar-refractivity contribution is -0.140. The van der Waals surface area contributed by atoms with Gasteiger partial charge in [0.2, 0.25) is 0 Å². The van der Waals surface area contributed by atoms with Gasteiger partial charge < -0.3 is 10.5 Å². The number of hydrogen-bond donors (Lipinski definition) is 1. The molecule has 2 aromatic carbocycles. The normalized spacial score (nSPS) is 12.1. The summed E-state index contributed by atoms with van der Waals surface area (Å²) in [6, 6.07) is 12.7. The number of aromatic nitrogens is 3. The average Bonchev–Trinajstić information content (AvgIpc) is 2.67. The van der Waals surface area contributed by atoms with Crippen LogP contribution < -0.4 is 11.3 Å². The molecule has 1 aromatic heterocycles. The van der Waals surface area contributed by atoms with Crippen molar-refractivity contribution in [3.8, 4) is 0 Å². The molecule has 0 aliphatic heterocycles. The van der Waals surface area contributed by atoms with Crippen molar-refractivity contribution in [2.75, 3.05) is 12.8 Å². The first-order valence-corrected chi connectivity index (χ1v) is 9.30. The number of nitrogens with zero attached hydrogens (tertiary/aromatic N) is 3. The third kappa shape index (κ3) is 4.46. The summed E-state index contributed by atoms with van der Waals surface area (Å²) in [5.41, 5.74) is 7.67. The number of methoxy groups -OCH3 is 1. The third-order valence-electron chi connectivity index (χ3n) is 4.10. The van der Waals surface area contributed by atoms with Gasteiger partial charge in [0.25, 0.3) is 5.56 Å². The van der Waals surface area contributed by atoms with Gasteiger partial charge in [-0.1, -0.05) is 16.8 Å². The topological polar surface area (TPSA) is 100 Å². The van der Waals surface area contributed by atoms with Crippen LogP contribution in [0.1, 0.15) is 12.0 Å². The largest absolute Gasteiger partial charge is 0.468 e. The minimum atomic E-state index is -0.472. The molecule has 0 spiro atoms. The maximum atomic E-state index is 12.7. The van der Waals surface area contributed by atoms with Crippen molar-refractivity contribution < 1.29 is 9.53 Å². The molecular formula is C19H20N4O3S. The zero-order valence-electron chi connectivity index (χ0n) is 15.1. The van der Waals surface area contributed by atoms with E-state index in [-0.39, 0.29) is 18.1 Å². The fraction of sp³-hybridized carbons (Fsp3) is 0.263. The Morgan fingerprint density at radius 3 is 2.70 bits per heavy atom. The van der Waals surface area contributed by atoms with Gasteiger partial charge >= 0.3 is 5.97 Å². The van der Waals surface area contributed by atoms with E-state index in [9.17, 15) is 9.59 Å². The van der Waals surface area contributed by atoms with Gasteiger partial charge in [0.15, 0.2) is 0 Å². The monoisotopic (exact) mass is 384 g/mol. The fourth-order valence-corrected chi connectivity index (χ4v) is 3.68. The molecule has 8 heteroatoms. The molecule has 3 aromatic rings. The first kappa shape index (κ1) is 18.9. The highest BCUT2D eigenvalue weighted by Gasteiger charge is 2.21. The van der Waals surface area contributed by atoms with E-state index in [1.165, 1.54) is 23.6 Å². The van der Waals surface area contributed by atoms with E-state index in [1.54, 1.807) is 24.3 Å². The number of aryl methyl sites for hydroxylation is 2. The Morgan fingerprint density at radius 1 is 1.26 bits per heavy atom. The van der Waals surface area contributed by atoms with Crippen LogP contribution in [-0.2, 0) is 16.1 Å². The van der Waals surface area contributed by atoms with E-state index in [0.29, 0.717) is 23.0 Å². The van der Waals surface area contributed by atoms with Gasteiger partial charge in [-0.15, -0.1) is 16.9 Å². The molecular weight excluding hydrogens is 364 g/mol. The van der Waals surface area contributed by atoms with E-state index >= 15 is 0 Å². The zero-order chi connectivity index (χ0) is 19.4. The van der Waals surface area contributed by atoms with Gasteiger partial charge in [0.1, 0.15) is 10.8 Å². The number of hydrogen-bond acceptors (Lipinski definition) is 7. The van der Waals surface area contributed by atoms with E-state index in [1.807, 2.05) is 25.1 Å².